The number of carbonyl (C=O) groups excluding carboxylic acids is 2. The molecule has 4 nitrogen and oxygen atoms in total. The summed E-state index contributed by atoms with van der Waals surface area (Å²) in [5, 5.41) is 3.30. The largest absolute Gasteiger partial charge is 0.332 e. The van der Waals surface area contributed by atoms with Crippen LogP contribution in [-0.4, -0.2) is 35.6 Å². The van der Waals surface area contributed by atoms with Crippen molar-refractivity contribution in [1.82, 2.24) is 4.90 Å². The Hall–Kier alpha value is -2.27. The molecule has 0 atom stereocenters. The zero-order valence-electron chi connectivity index (χ0n) is 15.1. The summed E-state index contributed by atoms with van der Waals surface area (Å²) < 4.78 is 0. The zero-order valence-corrected chi connectivity index (χ0v) is 15.9. The summed E-state index contributed by atoms with van der Waals surface area (Å²) in [6, 6.07) is 15.1. The van der Waals surface area contributed by atoms with Crippen LogP contribution in [0.15, 0.2) is 53.4 Å². The molecule has 0 bridgehead atoms. The second-order valence-electron chi connectivity index (χ2n) is 6.27. The minimum absolute atomic E-state index is 0.00913. The number of anilines is 1. The number of carbonyl (C=O) groups is 2. The maximum absolute atomic E-state index is 12.4. The Morgan fingerprint density at radius 3 is 2.20 bits per heavy atom. The van der Waals surface area contributed by atoms with Crippen molar-refractivity contribution in [3.63, 3.8) is 0 Å². The summed E-state index contributed by atoms with van der Waals surface area (Å²) >= 11 is 1.75. The van der Waals surface area contributed by atoms with E-state index in [1.54, 1.807) is 30.9 Å². The summed E-state index contributed by atoms with van der Waals surface area (Å²) in [6.07, 6.45) is 0. The van der Waals surface area contributed by atoms with E-state index >= 15 is 0 Å². The van der Waals surface area contributed by atoms with E-state index in [0.717, 1.165) is 16.1 Å². The van der Waals surface area contributed by atoms with Gasteiger partial charge in [0, 0.05) is 28.4 Å². The van der Waals surface area contributed by atoms with E-state index in [9.17, 15) is 9.59 Å². The predicted molar refractivity (Wildman–Crippen MR) is 104 cm³/mol. The molecule has 5 heteroatoms. The Kier molecular flexibility index (Phi) is 6.65. The van der Waals surface area contributed by atoms with Crippen molar-refractivity contribution in [2.75, 3.05) is 18.9 Å². The molecule has 0 radical (unpaired) electrons. The van der Waals surface area contributed by atoms with Gasteiger partial charge in [0.25, 0.3) is 5.91 Å². The number of hydrogen-bond acceptors (Lipinski definition) is 3. The molecule has 0 saturated heterocycles. The number of benzene rings is 2. The fourth-order valence-corrected chi connectivity index (χ4v) is 3.13. The van der Waals surface area contributed by atoms with Crippen LogP contribution in [0.4, 0.5) is 5.69 Å². The molecule has 132 valence electrons. The SMILES string of the molecule is Cc1ccc(NC(=O)CN(C)C(=O)c2ccc(SC(C)C)cc2)cc1. The van der Waals surface area contributed by atoms with E-state index in [1.165, 1.54) is 4.90 Å². The van der Waals surface area contributed by atoms with Crippen molar-refractivity contribution in [3.8, 4) is 0 Å². The second-order valence-corrected chi connectivity index (χ2v) is 7.92. The van der Waals surface area contributed by atoms with Crippen molar-refractivity contribution in [2.45, 2.75) is 30.9 Å². The molecule has 0 fully saturated rings. The van der Waals surface area contributed by atoms with Crippen molar-refractivity contribution >= 4 is 29.3 Å². The van der Waals surface area contributed by atoms with E-state index < -0.39 is 0 Å². The number of amides is 2. The Morgan fingerprint density at radius 1 is 1.04 bits per heavy atom. The lowest BCUT2D eigenvalue weighted by atomic mass is 10.2. The van der Waals surface area contributed by atoms with Crippen molar-refractivity contribution in [3.05, 3.63) is 59.7 Å². The first kappa shape index (κ1) is 19.1. The van der Waals surface area contributed by atoms with E-state index in [0.29, 0.717) is 10.8 Å². The van der Waals surface area contributed by atoms with E-state index in [2.05, 4.69) is 19.2 Å². The molecule has 0 aliphatic heterocycles. The van der Waals surface area contributed by atoms with Gasteiger partial charge in [-0.15, -0.1) is 11.8 Å². The standard InChI is InChI=1S/C20H24N2O2S/c1-14(2)25-18-11-7-16(8-12-18)20(24)22(4)13-19(23)21-17-9-5-15(3)6-10-17/h5-12,14H,13H2,1-4H3,(H,21,23). The summed E-state index contributed by atoms with van der Waals surface area (Å²) in [4.78, 5) is 27.1. The summed E-state index contributed by atoms with van der Waals surface area (Å²) in [5.41, 5.74) is 2.44. The monoisotopic (exact) mass is 356 g/mol. The molecule has 0 aliphatic carbocycles. The third-order valence-corrected chi connectivity index (χ3v) is 4.55. The maximum atomic E-state index is 12.4. The van der Waals surface area contributed by atoms with E-state index in [-0.39, 0.29) is 18.4 Å². The predicted octanol–water partition coefficient (Wildman–Crippen LogP) is 4.21. The number of nitrogens with zero attached hydrogens (tertiary/aromatic N) is 1. The normalized spacial score (nSPS) is 10.6. The van der Waals surface area contributed by atoms with Gasteiger partial charge < -0.3 is 10.2 Å². The van der Waals surface area contributed by atoms with Gasteiger partial charge in [0.15, 0.2) is 0 Å². The van der Waals surface area contributed by atoms with Gasteiger partial charge in [-0.25, -0.2) is 0 Å². The van der Waals surface area contributed by atoms with Gasteiger partial charge in [-0.3, -0.25) is 9.59 Å². The highest BCUT2D eigenvalue weighted by Gasteiger charge is 2.15. The molecule has 0 heterocycles. The van der Waals surface area contributed by atoms with Crippen LogP contribution in [0.2, 0.25) is 0 Å². The Morgan fingerprint density at radius 2 is 1.64 bits per heavy atom. The minimum atomic E-state index is -0.216. The van der Waals surface area contributed by atoms with Crippen LogP contribution in [0.1, 0.15) is 29.8 Å². The average molecular weight is 356 g/mol. The van der Waals surface area contributed by atoms with Gasteiger partial charge in [0.2, 0.25) is 5.91 Å². The smallest absolute Gasteiger partial charge is 0.254 e. The Bertz CT molecular complexity index is 724. The molecule has 25 heavy (non-hydrogen) atoms. The van der Waals surface area contributed by atoms with Crippen LogP contribution < -0.4 is 5.32 Å². The fraction of sp³-hybridized carbons (Fsp3) is 0.300. The third-order valence-electron chi connectivity index (χ3n) is 3.54. The molecule has 0 aliphatic rings. The highest BCUT2D eigenvalue weighted by molar-refractivity contribution is 7.99. The Labute approximate surface area is 153 Å². The van der Waals surface area contributed by atoms with Gasteiger partial charge in [-0.05, 0) is 43.3 Å². The zero-order chi connectivity index (χ0) is 18.4. The highest BCUT2D eigenvalue weighted by Crippen LogP contribution is 2.23. The van der Waals surface area contributed by atoms with Crippen LogP contribution >= 0.6 is 11.8 Å². The van der Waals surface area contributed by atoms with Gasteiger partial charge in [-0.2, -0.15) is 0 Å². The van der Waals surface area contributed by atoms with Crippen LogP contribution in [0, 0.1) is 6.92 Å². The lowest BCUT2D eigenvalue weighted by molar-refractivity contribution is -0.116. The molecule has 2 aromatic carbocycles. The lowest BCUT2D eigenvalue weighted by Crippen LogP contribution is -2.34. The second kappa shape index (κ2) is 8.72. The van der Waals surface area contributed by atoms with Gasteiger partial charge in [0.05, 0.1) is 6.54 Å². The number of hydrogen-bond donors (Lipinski definition) is 1. The van der Waals surface area contributed by atoms with Crippen molar-refractivity contribution < 1.29 is 9.59 Å². The molecule has 1 N–H and O–H groups in total. The molecule has 0 unspecified atom stereocenters. The fourth-order valence-electron chi connectivity index (χ4n) is 2.29. The van der Waals surface area contributed by atoms with E-state index in [1.807, 2.05) is 43.3 Å². The van der Waals surface area contributed by atoms with Crippen LogP contribution in [0.25, 0.3) is 0 Å². The lowest BCUT2D eigenvalue weighted by Gasteiger charge is -2.17. The molecule has 2 aromatic rings. The number of likely N-dealkylation sites (N-methyl/N-ethyl adjacent to an activating group) is 1. The van der Waals surface area contributed by atoms with Crippen LogP contribution in [0.5, 0.6) is 0 Å². The Balaban J connectivity index is 1.92. The van der Waals surface area contributed by atoms with Gasteiger partial charge in [-0.1, -0.05) is 31.5 Å². The summed E-state index contributed by atoms with van der Waals surface area (Å²) in [5.74, 6) is -0.383. The number of aryl methyl sites for hydroxylation is 1. The molecule has 0 spiro atoms. The summed E-state index contributed by atoms with van der Waals surface area (Å²) in [7, 11) is 1.63. The molecule has 0 saturated carbocycles. The molecule has 2 rings (SSSR count). The number of rotatable bonds is 6. The molecule has 2 amide bonds. The van der Waals surface area contributed by atoms with Crippen molar-refractivity contribution in [1.29, 1.82) is 0 Å². The number of nitrogens with one attached hydrogen (secondary N) is 1. The topological polar surface area (TPSA) is 49.4 Å². The van der Waals surface area contributed by atoms with Crippen LogP contribution in [0.3, 0.4) is 0 Å². The molecular weight excluding hydrogens is 332 g/mol. The molecular formula is C20H24N2O2S. The third kappa shape index (κ3) is 5.94. The first-order chi connectivity index (χ1) is 11.8. The van der Waals surface area contributed by atoms with Gasteiger partial charge >= 0.3 is 0 Å². The maximum Gasteiger partial charge on any atom is 0.254 e. The first-order valence-electron chi connectivity index (χ1n) is 8.24. The van der Waals surface area contributed by atoms with E-state index in [4.69, 9.17) is 0 Å². The van der Waals surface area contributed by atoms with Crippen LogP contribution in [-0.2, 0) is 4.79 Å². The minimum Gasteiger partial charge on any atom is -0.332 e. The molecule has 0 aromatic heterocycles. The van der Waals surface area contributed by atoms with Gasteiger partial charge in [0.1, 0.15) is 0 Å². The first-order valence-corrected chi connectivity index (χ1v) is 9.12. The summed E-state index contributed by atoms with van der Waals surface area (Å²) in [6.45, 7) is 6.26. The quantitative estimate of drug-likeness (QED) is 0.789. The highest BCUT2D eigenvalue weighted by atomic mass is 32.2. The average Bonchev–Trinajstić information content (AvgIpc) is 2.56. The van der Waals surface area contributed by atoms with Crippen molar-refractivity contribution in [2.24, 2.45) is 0 Å². The number of thioether (sulfide) groups is 1.